The van der Waals surface area contributed by atoms with Gasteiger partial charge >= 0.3 is 11.9 Å². The van der Waals surface area contributed by atoms with Gasteiger partial charge in [0.1, 0.15) is 12.2 Å². The summed E-state index contributed by atoms with van der Waals surface area (Å²) in [4.78, 5) is 23.3. The van der Waals surface area contributed by atoms with E-state index in [1.54, 1.807) is 0 Å². The second kappa shape index (κ2) is 15.5. The van der Waals surface area contributed by atoms with E-state index in [1.165, 1.54) is 0 Å². The highest BCUT2D eigenvalue weighted by atomic mass is 16.5. The van der Waals surface area contributed by atoms with Crippen molar-refractivity contribution in [1.29, 1.82) is 0 Å². The molecule has 0 bridgehead atoms. The highest BCUT2D eigenvalue weighted by Gasteiger charge is 2.11. The summed E-state index contributed by atoms with van der Waals surface area (Å²) >= 11 is 0. The fourth-order valence-electron chi connectivity index (χ4n) is 2.65. The predicted molar refractivity (Wildman–Crippen MR) is 97.9 cm³/mol. The van der Waals surface area contributed by atoms with Crippen molar-refractivity contribution in [3.05, 3.63) is 0 Å². The summed E-state index contributed by atoms with van der Waals surface area (Å²) in [6.45, 7) is 8.17. The molecule has 0 fully saturated rings. The van der Waals surface area contributed by atoms with Crippen LogP contribution >= 0.6 is 0 Å². The molecular weight excluding hydrogens is 304 g/mol. The molecule has 0 aromatic carbocycles. The zero-order valence-corrected chi connectivity index (χ0v) is 16.3. The Balaban J connectivity index is 3.48. The number of rotatable bonds is 15. The average molecular weight is 343 g/mol. The molecule has 0 rings (SSSR count). The summed E-state index contributed by atoms with van der Waals surface area (Å²) in [7, 11) is 0. The number of hydrogen-bond acceptors (Lipinski definition) is 4. The molecule has 0 aliphatic carbocycles. The van der Waals surface area contributed by atoms with E-state index in [-0.39, 0.29) is 24.1 Å². The van der Waals surface area contributed by atoms with Crippen LogP contribution < -0.4 is 0 Å². The maximum atomic E-state index is 11.6. The minimum atomic E-state index is -0.0622. The third kappa shape index (κ3) is 12.4. The van der Waals surface area contributed by atoms with Gasteiger partial charge in [-0.15, -0.1) is 0 Å². The molecular formula is C20H38O4. The molecule has 142 valence electrons. The first-order valence-corrected chi connectivity index (χ1v) is 9.96. The second-order valence-electron chi connectivity index (χ2n) is 6.48. The SMILES string of the molecule is CCC(CC)OC(=O)CCCCCCCCC(=O)OC(CC)CC. The molecule has 0 radical (unpaired) electrons. The van der Waals surface area contributed by atoms with Gasteiger partial charge in [-0.2, -0.15) is 0 Å². The van der Waals surface area contributed by atoms with Crippen molar-refractivity contribution in [2.75, 3.05) is 0 Å². The van der Waals surface area contributed by atoms with E-state index in [0.717, 1.165) is 64.2 Å². The smallest absolute Gasteiger partial charge is 0.306 e. The van der Waals surface area contributed by atoms with Crippen LogP contribution in [0.4, 0.5) is 0 Å². The zero-order valence-electron chi connectivity index (χ0n) is 16.3. The van der Waals surface area contributed by atoms with Crippen molar-refractivity contribution in [3.8, 4) is 0 Å². The van der Waals surface area contributed by atoms with Gasteiger partial charge in [-0.05, 0) is 38.5 Å². The lowest BCUT2D eigenvalue weighted by Crippen LogP contribution is -2.16. The van der Waals surface area contributed by atoms with Gasteiger partial charge in [0, 0.05) is 12.8 Å². The third-order valence-corrected chi connectivity index (χ3v) is 4.43. The van der Waals surface area contributed by atoms with E-state index in [1.807, 2.05) is 27.7 Å². The molecule has 4 heteroatoms. The van der Waals surface area contributed by atoms with Crippen molar-refractivity contribution in [3.63, 3.8) is 0 Å². The largest absolute Gasteiger partial charge is 0.462 e. The Hall–Kier alpha value is -1.06. The molecule has 0 aromatic heterocycles. The van der Waals surface area contributed by atoms with Gasteiger partial charge in [0.25, 0.3) is 0 Å². The van der Waals surface area contributed by atoms with Crippen molar-refractivity contribution in [2.24, 2.45) is 0 Å². The minimum Gasteiger partial charge on any atom is -0.462 e. The molecule has 0 N–H and O–H groups in total. The van der Waals surface area contributed by atoms with E-state index in [9.17, 15) is 9.59 Å². The number of ether oxygens (including phenoxy) is 2. The van der Waals surface area contributed by atoms with Gasteiger partial charge in [0.2, 0.25) is 0 Å². The normalized spacial score (nSPS) is 11.1. The van der Waals surface area contributed by atoms with E-state index >= 15 is 0 Å². The summed E-state index contributed by atoms with van der Waals surface area (Å²) in [5.41, 5.74) is 0. The lowest BCUT2D eigenvalue weighted by Gasteiger charge is -2.14. The van der Waals surface area contributed by atoms with Crippen LogP contribution in [0.5, 0.6) is 0 Å². The summed E-state index contributed by atoms with van der Waals surface area (Å²) in [5.74, 6) is -0.124. The predicted octanol–water partition coefficient (Wildman–Crippen LogP) is 5.57. The Morgan fingerprint density at radius 2 is 0.875 bits per heavy atom. The first kappa shape index (κ1) is 22.9. The van der Waals surface area contributed by atoms with Crippen molar-refractivity contribution >= 4 is 11.9 Å². The molecule has 0 saturated carbocycles. The molecule has 0 amide bonds. The lowest BCUT2D eigenvalue weighted by molar-refractivity contribution is -0.150. The summed E-state index contributed by atoms with van der Waals surface area (Å²) < 4.78 is 10.8. The molecule has 0 aromatic rings. The number of esters is 2. The minimum absolute atomic E-state index is 0.0622. The average Bonchev–Trinajstić information content (AvgIpc) is 2.59. The van der Waals surface area contributed by atoms with Crippen LogP contribution in [0.25, 0.3) is 0 Å². The lowest BCUT2D eigenvalue weighted by atomic mass is 10.1. The summed E-state index contributed by atoms with van der Waals surface area (Å²) in [6.07, 6.45) is 10.9. The molecule has 0 atom stereocenters. The topological polar surface area (TPSA) is 52.6 Å². The van der Waals surface area contributed by atoms with Crippen LogP contribution in [0.3, 0.4) is 0 Å². The Bertz CT molecular complexity index is 288. The van der Waals surface area contributed by atoms with Crippen LogP contribution in [-0.4, -0.2) is 24.1 Å². The molecule has 0 aliphatic heterocycles. The van der Waals surface area contributed by atoms with Gasteiger partial charge in [0.15, 0.2) is 0 Å². The standard InChI is InChI=1S/C20H38O4/c1-5-17(6-2)23-19(21)15-13-11-9-10-12-14-16-20(22)24-18(7-3)8-4/h17-18H,5-16H2,1-4H3. The van der Waals surface area contributed by atoms with E-state index in [2.05, 4.69) is 0 Å². The third-order valence-electron chi connectivity index (χ3n) is 4.43. The fourth-order valence-corrected chi connectivity index (χ4v) is 2.65. The highest BCUT2D eigenvalue weighted by Crippen LogP contribution is 2.12. The summed E-state index contributed by atoms with van der Waals surface area (Å²) in [5, 5.41) is 0. The first-order chi connectivity index (χ1) is 11.6. The van der Waals surface area contributed by atoms with Crippen LogP contribution in [0, 0.1) is 0 Å². The van der Waals surface area contributed by atoms with Gasteiger partial charge in [-0.25, -0.2) is 0 Å². The van der Waals surface area contributed by atoms with E-state index < -0.39 is 0 Å². The van der Waals surface area contributed by atoms with Gasteiger partial charge in [-0.3, -0.25) is 9.59 Å². The van der Waals surface area contributed by atoms with Crippen molar-refractivity contribution in [2.45, 2.75) is 117 Å². The first-order valence-electron chi connectivity index (χ1n) is 9.96. The van der Waals surface area contributed by atoms with Crippen molar-refractivity contribution in [1.82, 2.24) is 0 Å². The Morgan fingerprint density at radius 1 is 0.583 bits per heavy atom. The Morgan fingerprint density at radius 3 is 1.17 bits per heavy atom. The van der Waals surface area contributed by atoms with Crippen LogP contribution in [0.15, 0.2) is 0 Å². The fraction of sp³-hybridized carbons (Fsp3) is 0.900. The van der Waals surface area contributed by atoms with E-state index in [4.69, 9.17) is 9.47 Å². The summed E-state index contributed by atoms with van der Waals surface area (Å²) in [6, 6.07) is 0. The van der Waals surface area contributed by atoms with Crippen LogP contribution in [-0.2, 0) is 19.1 Å². The Kier molecular flexibility index (Phi) is 14.8. The number of hydrogen-bond donors (Lipinski definition) is 0. The van der Waals surface area contributed by atoms with E-state index in [0.29, 0.717) is 12.8 Å². The molecule has 4 nitrogen and oxygen atoms in total. The monoisotopic (exact) mass is 342 g/mol. The molecule has 0 spiro atoms. The number of carbonyl (C=O) groups excluding carboxylic acids is 2. The number of unbranched alkanes of at least 4 members (excludes halogenated alkanes) is 5. The van der Waals surface area contributed by atoms with Gasteiger partial charge < -0.3 is 9.47 Å². The number of carbonyl (C=O) groups is 2. The molecule has 0 saturated heterocycles. The second-order valence-corrected chi connectivity index (χ2v) is 6.48. The Labute approximate surface area is 148 Å². The molecule has 0 heterocycles. The quantitative estimate of drug-likeness (QED) is 0.288. The molecule has 24 heavy (non-hydrogen) atoms. The van der Waals surface area contributed by atoms with Crippen molar-refractivity contribution < 1.29 is 19.1 Å². The van der Waals surface area contributed by atoms with Crippen LogP contribution in [0.1, 0.15) is 105 Å². The zero-order chi connectivity index (χ0) is 18.2. The maximum absolute atomic E-state index is 11.6. The molecule has 0 unspecified atom stereocenters. The van der Waals surface area contributed by atoms with Gasteiger partial charge in [-0.1, -0.05) is 53.4 Å². The molecule has 0 aliphatic rings. The van der Waals surface area contributed by atoms with Gasteiger partial charge in [0.05, 0.1) is 0 Å². The maximum Gasteiger partial charge on any atom is 0.306 e. The van der Waals surface area contributed by atoms with Crippen LogP contribution in [0.2, 0.25) is 0 Å². The highest BCUT2D eigenvalue weighted by molar-refractivity contribution is 5.69.